The van der Waals surface area contributed by atoms with E-state index >= 15 is 0 Å². The number of anilines is 2. The van der Waals surface area contributed by atoms with Crippen molar-refractivity contribution in [2.24, 2.45) is 0 Å². The zero-order valence-corrected chi connectivity index (χ0v) is 15.5. The average molecular weight is 409 g/mol. The number of hydrogen-bond acceptors (Lipinski definition) is 3. The van der Waals surface area contributed by atoms with Gasteiger partial charge < -0.3 is 5.32 Å². The number of sulfonamides is 1. The van der Waals surface area contributed by atoms with Crippen LogP contribution in [-0.4, -0.2) is 20.9 Å². The van der Waals surface area contributed by atoms with E-state index in [4.69, 9.17) is 0 Å². The van der Waals surface area contributed by atoms with E-state index in [1.54, 1.807) is 30.3 Å². The molecule has 0 aromatic heterocycles. The summed E-state index contributed by atoms with van der Waals surface area (Å²) in [5.74, 6) is -0.215. The van der Waals surface area contributed by atoms with Gasteiger partial charge in [0.25, 0.3) is 10.0 Å². The van der Waals surface area contributed by atoms with E-state index in [1.165, 1.54) is 29.4 Å². The normalized spacial score (nSPS) is 10.9. The molecule has 0 bridgehead atoms. The molecule has 1 amide bonds. The van der Waals surface area contributed by atoms with Crippen molar-refractivity contribution in [3.05, 3.63) is 65.7 Å². The van der Waals surface area contributed by atoms with Gasteiger partial charge in [-0.2, -0.15) is 0 Å². The molecule has 0 fully saturated rings. The molecule has 2 aromatic carbocycles. The number of halogens is 1. The summed E-state index contributed by atoms with van der Waals surface area (Å²) >= 11 is 3.35. The number of amides is 1. The highest BCUT2D eigenvalue weighted by Crippen LogP contribution is 2.26. The van der Waals surface area contributed by atoms with Gasteiger partial charge >= 0.3 is 0 Å². The summed E-state index contributed by atoms with van der Waals surface area (Å²) in [5.41, 5.74) is 1.08. The minimum atomic E-state index is -3.75. The summed E-state index contributed by atoms with van der Waals surface area (Å²) in [6, 6.07) is 13.1. The van der Waals surface area contributed by atoms with Crippen LogP contribution in [0.5, 0.6) is 0 Å². The molecule has 126 valence electrons. The molecule has 24 heavy (non-hydrogen) atoms. The van der Waals surface area contributed by atoms with Gasteiger partial charge in [0.2, 0.25) is 5.91 Å². The molecule has 0 aliphatic rings. The van der Waals surface area contributed by atoms with Crippen molar-refractivity contribution < 1.29 is 13.2 Å². The molecule has 5 nitrogen and oxygen atoms in total. The van der Waals surface area contributed by atoms with E-state index < -0.39 is 10.0 Å². The van der Waals surface area contributed by atoms with Crippen LogP contribution in [-0.2, 0) is 14.8 Å². The Morgan fingerprint density at radius 2 is 1.92 bits per heavy atom. The lowest BCUT2D eigenvalue weighted by Crippen LogP contribution is -2.31. The van der Waals surface area contributed by atoms with Crippen molar-refractivity contribution in [3.63, 3.8) is 0 Å². The maximum atomic E-state index is 12.9. The molecule has 0 spiro atoms. The first-order valence-electron chi connectivity index (χ1n) is 7.11. The quantitative estimate of drug-likeness (QED) is 0.739. The Morgan fingerprint density at radius 3 is 2.46 bits per heavy atom. The van der Waals surface area contributed by atoms with Crippen LogP contribution in [0.4, 0.5) is 11.4 Å². The molecule has 0 atom stereocenters. The molecule has 2 aromatic rings. The van der Waals surface area contributed by atoms with E-state index in [1.807, 2.05) is 6.07 Å². The van der Waals surface area contributed by atoms with Gasteiger partial charge in [-0.15, -0.1) is 6.58 Å². The second-order valence-electron chi connectivity index (χ2n) is 5.01. The highest BCUT2D eigenvalue weighted by Gasteiger charge is 2.24. The third-order valence-electron chi connectivity index (χ3n) is 3.15. The van der Waals surface area contributed by atoms with Crippen molar-refractivity contribution in [2.45, 2.75) is 11.8 Å². The second kappa shape index (κ2) is 7.63. The number of carbonyl (C=O) groups excluding carboxylic acids is 1. The number of hydrogen-bond donors (Lipinski definition) is 1. The molecular weight excluding hydrogens is 392 g/mol. The van der Waals surface area contributed by atoms with Crippen LogP contribution in [0.25, 0.3) is 0 Å². The van der Waals surface area contributed by atoms with Gasteiger partial charge in [-0.25, -0.2) is 8.42 Å². The predicted molar refractivity (Wildman–Crippen MR) is 99.6 cm³/mol. The molecular formula is C17H17BrN2O3S. The third-order valence-corrected chi connectivity index (χ3v) is 5.46. The van der Waals surface area contributed by atoms with E-state index in [-0.39, 0.29) is 17.3 Å². The monoisotopic (exact) mass is 408 g/mol. The Kier molecular flexibility index (Phi) is 5.80. The fraction of sp³-hybridized carbons (Fsp3) is 0.118. The van der Waals surface area contributed by atoms with Crippen molar-refractivity contribution in [1.29, 1.82) is 0 Å². The first-order valence-corrected chi connectivity index (χ1v) is 9.35. The Morgan fingerprint density at radius 1 is 1.25 bits per heavy atom. The number of nitrogens with zero attached hydrogens (tertiary/aromatic N) is 1. The summed E-state index contributed by atoms with van der Waals surface area (Å²) < 4.78 is 27.9. The Hall–Kier alpha value is -2.12. The number of rotatable bonds is 6. The zero-order valence-electron chi connectivity index (χ0n) is 13.1. The lowest BCUT2D eigenvalue weighted by atomic mass is 10.3. The fourth-order valence-electron chi connectivity index (χ4n) is 2.13. The Balaban J connectivity index is 2.41. The number of benzene rings is 2. The summed E-state index contributed by atoms with van der Waals surface area (Å²) in [6.07, 6.45) is 1.53. The van der Waals surface area contributed by atoms with E-state index in [0.29, 0.717) is 11.4 Å². The second-order valence-corrected chi connectivity index (χ2v) is 7.79. The number of carbonyl (C=O) groups is 1. The molecule has 0 aliphatic heterocycles. The molecule has 0 unspecified atom stereocenters. The molecule has 2 rings (SSSR count). The summed E-state index contributed by atoms with van der Waals surface area (Å²) in [4.78, 5) is 11.2. The minimum Gasteiger partial charge on any atom is -0.326 e. The highest BCUT2D eigenvalue weighted by molar-refractivity contribution is 9.10. The van der Waals surface area contributed by atoms with E-state index in [0.717, 1.165) is 4.47 Å². The topological polar surface area (TPSA) is 66.5 Å². The van der Waals surface area contributed by atoms with Gasteiger partial charge in [0.05, 0.1) is 17.1 Å². The van der Waals surface area contributed by atoms with Crippen LogP contribution >= 0.6 is 15.9 Å². The van der Waals surface area contributed by atoms with Crippen molar-refractivity contribution in [1.82, 2.24) is 0 Å². The molecule has 0 radical (unpaired) electrons. The summed E-state index contributed by atoms with van der Waals surface area (Å²) in [6.45, 7) is 5.17. The van der Waals surface area contributed by atoms with Crippen LogP contribution in [0.2, 0.25) is 0 Å². The van der Waals surface area contributed by atoms with Crippen molar-refractivity contribution in [2.75, 3.05) is 16.2 Å². The molecule has 0 aliphatic carbocycles. The standard InChI is InChI=1S/C17H17BrN2O3S/c1-3-11-20(16-6-4-5-14(18)12-16)24(22,23)17-9-7-15(8-10-17)19-13(2)21/h3-10,12H,1,11H2,2H3,(H,19,21). The smallest absolute Gasteiger partial charge is 0.264 e. The SMILES string of the molecule is C=CCN(c1cccc(Br)c1)S(=O)(=O)c1ccc(NC(C)=O)cc1. The van der Waals surface area contributed by atoms with E-state index in [9.17, 15) is 13.2 Å². The minimum absolute atomic E-state index is 0.137. The summed E-state index contributed by atoms with van der Waals surface area (Å²) in [7, 11) is -3.75. The molecule has 7 heteroatoms. The van der Waals surface area contributed by atoms with Crippen LogP contribution in [0, 0.1) is 0 Å². The average Bonchev–Trinajstić information content (AvgIpc) is 2.52. The number of nitrogens with one attached hydrogen (secondary N) is 1. The first kappa shape index (κ1) is 18.2. The van der Waals surface area contributed by atoms with Crippen LogP contribution in [0.1, 0.15) is 6.92 Å². The van der Waals surface area contributed by atoms with Gasteiger partial charge in [0.15, 0.2) is 0 Å². The first-order chi connectivity index (χ1) is 11.3. The maximum Gasteiger partial charge on any atom is 0.264 e. The van der Waals surface area contributed by atoms with Gasteiger partial charge in [0.1, 0.15) is 0 Å². The van der Waals surface area contributed by atoms with Crippen LogP contribution in [0.15, 0.2) is 70.6 Å². The molecule has 0 saturated carbocycles. The Bertz CT molecular complexity index is 848. The highest BCUT2D eigenvalue weighted by atomic mass is 79.9. The molecule has 0 heterocycles. The zero-order chi connectivity index (χ0) is 17.7. The maximum absolute atomic E-state index is 12.9. The van der Waals surface area contributed by atoms with Crippen LogP contribution in [0.3, 0.4) is 0 Å². The lowest BCUT2D eigenvalue weighted by Gasteiger charge is -2.23. The van der Waals surface area contributed by atoms with Gasteiger partial charge in [0, 0.05) is 17.1 Å². The largest absolute Gasteiger partial charge is 0.326 e. The fourth-order valence-corrected chi connectivity index (χ4v) is 3.95. The van der Waals surface area contributed by atoms with Crippen molar-refractivity contribution >= 4 is 43.2 Å². The van der Waals surface area contributed by atoms with Crippen molar-refractivity contribution in [3.8, 4) is 0 Å². The van der Waals surface area contributed by atoms with Crippen LogP contribution < -0.4 is 9.62 Å². The predicted octanol–water partition coefficient (Wildman–Crippen LogP) is 3.79. The summed E-state index contributed by atoms with van der Waals surface area (Å²) in [5, 5.41) is 2.61. The van der Waals surface area contributed by atoms with Gasteiger partial charge in [-0.05, 0) is 42.5 Å². The van der Waals surface area contributed by atoms with Gasteiger partial charge in [-0.3, -0.25) is 9.10 Å². The lowest BCUT2D eigenvalue weighted by molar-refractivity contribution is -0.114. The Labute approximate surface area is 150 Å². The van der Waals surface area contributed by atoms with E-state index in [2.05, 4.69) is 27.8 Å². The molecule has 0 saturated heterocycles. The third kappa shape index (κ3) is 4.24. The molecule has 1 N–H and O–H groups in total. The van der Waals surface area contributed by atoms with Gasteiger partial charge in [-0.1, -0.05) is 28.1 Å².